The molecule has 1 aromatic rings. The molecular weight excluding hydrogens is 297 g/mol. The van der Waals surface area contributed by atoms with Crippen molar-refractivity contribution in [1.29, 1.82) is 0 Å². The fourth-order valence-corrected chi connectivity index (χ4v) is 1.56. The Morgan fingerprint density at radius 1 is 1.44 bits per heavy atom. The Labute approximate surface area is 107 Å². The van der Waals surface area contributed by atoms with E-state index in [9.17, 15) is 10.2 Å². The Kier molecular flexibility index (Phi) is 4.91. The molecule has 0 bridgehead atoms. The van der Waals surface area contributed by atoms with Gasteiger partial charge in [0.25, 0.3) is 0 Å². The van der Waals surface area contributed by atoms with Crippen LogP contribution in [0.4, 0.5) is 5.82 Å². The third kappa shape index (κ3) is 2.82. The molecule has 0 radical (unpaired) electrons. The molecule has 0 saturated carbocycles. The summed E-state index contributed by atoms with van der Waals surface area (Å²) in [5, 5.41) is 21.8. The van der Waals surface area contributed by atoms with Crippen LogP contribution in [0.15, 0.2) is 10.8 Å². The van der Waals surface area contributed by atoms with Gasteiger partial charge in [-0.05, 0) is 22.4 Å². The minimum Gasteiger partial charge on any atom is -0.394 e. The van der Waals surface area contributed by atoms with Gasteiger partial charge >= 0.3 is 0 Å². The van der Waals surface area contributed by atoms with Crippen LogP contribution >= 0.6 is 27.5 Å². The molecule has 5 nitrogen and oxygen atoms in total. The molecule has 0 unspecified atom stereocenters. The monoisotopic (exact) mass is 309 g/mol. The number of anilines is 1. The van der Waals surface area contributed by atoms with Crippen molar-refractivity contribution in [2.45, 2.75) is 18.9 Å². The first kappa shape index (κ1) is 13.6. The van der Waals surface area contributed by atoms with E-state index in [-0.39, 0.29) is 18.4 Å². The zero-order valence-electron chi connectivity index (χ0n) is 8.74. The summed E-state index contributed by atoms with van der Waals surface area (Å²) < 4.78 is 0.511. The predicted octanol–water partition coefficient (Wildman–Crippen LogP) is 1.44. The van der Waals surface area contributed by atoms with Crippen molar-refractivity contribution in [3.05, 3.63) is 16.0 Å². The van der Waals surface area contributed by atoms with Crippen LogP contribution in [0, 0.1) is 0 Å². The van der Waals surface area contributed by atoms with Crippen LogP contribution in [0.1, 0.15) is 13.3 Å². The first-order chi connectivity index (χ1) is 7.58. The molecule has 0 aliphatic heterocycles. The molecule has 0 aromatic carbocycles. The summed E-state index contributed by atoms with van der Waals surface area (Å²) in [6.07, 6.45) is 1.86. The zero-order chi connectivity index (χ0) is 12.2. The van der Waals surface area contributed by atoms with Gasteiger partial charge in [-0.3, -0.25) is 0 Å². The summed E-state index contributed by atoms with van der Waals surface area (Å²) in [4.78, 5) is 7.78. The van der Waals surface area contributed by atoms with E-state index < -0.39 is 5.54 Å². The Hall–Kier alpha value is -0.430. The molecule has 1 aromatic heterocycles. The fourth-order valence-electron chi connectivity index (χ4n) is 1.13. The molecule has 0 saturated heterocycles. The maximum absolute atomic E-state index is 9.28. The number of nitrogens with zero attached hydrogens (tertiary/aromatic N) is 2. The molecular formula is C9H13BrClN3O2. The van der Waals surface area contributed by atoms with Crippen molar-refractivity contribution in [1.82, 2.24) is 9.97 Å². The molecule has 90 valence electrons. The molecule has 0 aliphatic carbocycles. The minimum atomic E-state index is -0.805. The molecule has 0 aliphatic rings. The van der Waals surface area contributed by atoms with E-state index in [0.29, 0.717) is 16.7 Å². The van der Waals surface area contributed by atoms with Crippen LogP contribution in [0.25, 0.3) is 0 Å². The van der Waals surface area contributed by atoms with E-state index >= 15 is 0 Å². The van der Waals surface area contributed by atoms with Crippen LogP contribution in [0.2, 0.25) is 5.15 Å². The average Bonchev–Trinajstić information content (AvgIpc) is 2.32. The van der Waals surface area contributed by atoms with Gasteiger partial charge in [-0.2, -0.15) is 0 Å². The lowest BCUT2D eigenvalue weighted by molar-refractivity contribution is 0.132. The van der Waals surface area contributed by atoms with Gasteiger partial charge in [0.2, 0.25) is 0 Å². The highest BCUT2D eigenvalue weighted by molar-refractivity contribution is 9.10. The van der Waals surface area contributed by atoms with Crippen LogP contribution in [-0.2, 0) is 0 Å². The highest BCUT2D eigenvalue weighted by Crippen LogP contribution is 2.28. The number of hydrogen-bond donors (Lipinski definition) is 3. The number of aromatic nitrogens is 2. The van der Waals surface area contributed by atoms with E-state index in [0.717, 1.165) is 0 Å². The Morgan fingerprint density at radius 2 is 2.06 bits per heavy atom. The summed E-state index contributed by atoms with van der Waals surface area (Å²) in [5.41, 5.74) is -0.805. The third-order valence-corrected chi connectivity index (χ3v) is 3.68. The van der Waals surface area contributed by atoms with Gasteiger partial charge in [0.15, 0.2) is 0 Å². The molecule has 16 heavy (non-hydrogen) atoms. The molecule has 0 fully saturated rings. The summed E-state index contributed by atoms with van der Waals surface area (Å²) in [6.45, 7) is 1.46. The van der Waals surface area contributed by atoms with Crippen molar-refractivity contribution in [2.75, 3.05) is 18.5 Å². The van der Waals surface area contributed by atoms with E-state index in [1.807, 2.05) is 6.92 Å². The maximum Gasteiger partial charge on any atom is 0.148 e. The van der Waals surface area contributed by atoms with Crippen molar-refractivity contribution < 1.29 is 10.2 Å². The van der Waals surface area contributed by atoms with Crippen molar-refractivity contribution in [2.24, 2.45) is 0 Å². The number of halogens is 2. The quantitative estimate of drug-likeness (QED) is 0.717. The Bertz CT molecular complexity index is 352. The largest absolute Gasteiger partial charge is 0.394 e. The SMILES string of the molecule is CCC(CO)(CO)Nc1ncnc(Cl)c1Br. The molecule has 7 heteroatoms. The third-order valence-electron chi connectivity index (χ3n) is 2.41. The number of aliphatic hydroxyl groups excluding tert-OH is 2. The van der Waals surface area contributed by atoms with E-state index in [1.54, 1.807) is 0 Å². The second-order valence-corrected chi connectivity index (χ2v) is 4.55. The van der Waals surface area contributed by atoms with Gasteiger partial charge in [-0.25, -0.2) is 9.97 Å². The van der Waals surface area contributed by atoms with Crippen LogP contribution in [0.5, 0.6) is 0 Å². The lowest BCUT2D eigenvalue weighted by Gasteiger charge is -2.30. The normalized spacial score (nSPS) is 11.6. The topological polar surface area (TPSA) is 78.3 Å². The highest BCUT2D eigenvalue weighted by atomic mass is 79.9. The van der Waals surface area contributed by atoms with E-state index in [1.165, 1.54) is 6.33 Å². The predicted molar refractivity (Wildman–Crippen MR) is 65.6 cm³/mol. The van der Waals surface area contributed by atoms with Crippen LogP contribution in [0.3, 0.4) is 0 Å². The van der Waals surface area contributed by atoms with Gasteiger partial charge in [0.05, 0.1) is 23.2 Å². The van der Waals surface area contributed by atoms with Gasteiger partial charge in [0.1, 0.15) is 17.3 Å². The maximum atomic E-state index is 9.28. The average molecular weight is 311 g/mol. The van der Waals surface area contributed by atoms with Crippen LogP contribution in [-0.4, -0.2) is 38.9 Å². The minimum absolute atomic E-state index is 0.200. The molecule has 0 atom stereocenters. The lowest BCUT2D eigenvalue weighted by atomic mass is 9.98. The van der Waals surface area contributed by atoms with E-state index in [4.69, 9.17) is 11.6 Å². The van der Waals surface area contributed by atoms with Crippen LogP contribution < -0.4 is 5.32 Å². The number of hydrogen-bond acceptors (Lipinski definition) is 5. The van der Waals surface area contributed by atoms with E-state index in [2.05, 4.69) is 31.2 Å². The van der Waals surface area contributed by atoms with Gasteiger partial charge in [-0.1, -0.05) is 18.5 Å². The van der Waals surface area contributed by atoms with Gasteiger partial charge < -0.3 is 15.5 Å². The zero-order valence-corrected chi connectivity index (χ0v) is 11.1. The second-order valence-electron chi connectivity index (χ2n) is 3.40. The smallest absolute Gasteiger partial charge is 0.148 e. The lowest BCUT2D eigenvalue weighted by Crippen LogP contribution is -2.45. The molecule has 0 spiro atoms. The Morgan fingerprint density at radius 3 is 2.56 bits per heavy atom. The van der Waals surface area contributed by atoms with Gasteiger partial charge in [-0.15, -0.1) is 0 Å². The second kappa shape index (κ2) is 5.77. The summed E-state index contributed by atoms with van der Waals surface area (Å²) >= 11 is 9.05. The van der Waals surface area contributed by atoms with Gasteiger partial charge in [0, 0.05) is 0 Å². The number of rotatable bonds is 5. The molecule has 0 amide bonds. The number of nitrogens with one attached hydrogen (secondary N) is 1. The Balaban J connectivity index is 2.98. The first-order valence-corrected chi connectivity index (χ1v) is 5.91. The standard InChI is InChI=1S/C9H13BrClN3O2/c1-2-9(3-15,4-16)14-8-6(10)7(11)12-5-13-8/h5,15-16H,2-4H2,1H3,(H,12,13,14). The summed E-state index contributed by atoms with van der Waals surface area (Å²) in [7, 11) is 0. The highest BCUT2D eigenvalue weighted by Gasteiger charge is 2.27. The number of aliphatic hydroxyl groups is 2. The first-order valence-electron chi connectivity index (χ1n) is 4.74. The summed E-state index contributed by atoms with van der Waals surface area (Å²) in [5.74, 6) is 0.449. The summed E-state index contributed by atoms with van der Waals surface area (Å²) in [6, 6.07) is 0. The molecule has 1 rings (SSSR count). The molecule has 1 heterocycles. The van der Waals surface area contributed by atoms with Crippen molar-refractivity contribution in [3.63, 3.8) is 0 Å². The van der Waals surface area contributed by atoms with Crippen molar-refractivity contribution >= 4 is 33.3 Å². The van der Waals surface area contributed by atoms with Crippen molar-refractivity contribution in [3.8, 4) is 0 Å². The fraction of sp³-hybridized carbons (Fsp3) is 0.556. The molecule has 3 N–H and O–H groups in total.